The summed E-state index contributed by atoms with van der Waals surface area (Å²) in [4.78, 5) is 35.7. The van der Waals surface area contributed by atoms with Crippen molar-refractivity contribution >= 4 is 17.6 Å². The average Bonchev–Trinajstić information content (AvgIpc) is 2.67. The fourth-order valence-electron chi connectivity index (χ4n) is 2.65. The van der Waals surface area contributed by atoms with Crippen molar-refractivity contribution < 1.29 is 14.3 Å². The number of piperazine rings is 1. The molecule has 8 heteroatoms. The van der Waals surface area contributed by atoms with Gasteiger partial charge in [0, 0.05) is 44.1 Å². The lowest BCUT2D eigenvalue weighted by Gasteiger charge is -2.35. The SMILES string of the molecule is NC(=O)COc1cccc(C(=O)N2CCN(c3cnccn3)CC2)c1. The van der Waals surface area contributed by atoms with Gasteiger partial charge in [0.2, 0.25) is 0 Å². The Morgan fingerprint density at radius 1 is 1.16 bits per heavy atom. The summed E-state index contributed by atoms with van der Waals surface area (Å²) in [5, 5.41) is 0. The highest BCUT2D eigenvalue weighted by Crippen LogP contribution is 2.17. The molecule has 0 spiro atoms. The minimum atomic E-state index is -0.558. The zero-order chi connectivity index (χ0) is 17.6. The number of primary amides is 1. The van der Waals surface area contributed by atoms with Gasteiger partial charge in [-0.25, -0.2) is 4.98 Å². The van der Waals surface area contributed by atoms with E-state index < -0.39 is 5.91 Å². The van der Waals surface area contributed by atoms with Crippen molar-refractivity contribution in [3.8, 4) is 5.75 Å². The van der Waals surface area contributed by atoms with Gasteiger partial charge in [0.15, 0.2) is 6.61 Å². The molecule has 2 heterocycles. The number of ether oxygens (including phenoxy) is 1. The van der Waals surface area contributed by atoms with Crippen molar-refractivity contribution in [1.29, 1.82) is 0 Å². The molecule has 8 nitrogen and oxygen atoms in total. The van der Waals surface area contributed by atoms with Crippen LogP contribution < -0.4 is 15.4 Å². The molecule has 2 N–H and O–H groups in total. The van der Waals surface area contributed by atoms with Crippen molar-refractivity contribution in [2.75, 3.05) is 37.7 Å². The third-order valence-electron chi connectivity index (χ3n) is 3.90. The van der Waals surface area contributed by atoms with Crippen molar-refractivity contribution in [2.24, 2.45) is 5.73 Å². The fraction of sp³-hybridized carbons (Fsp3) is 0.294. The molecule has 1 aliphatic heterocycles. The van der Waals surface area contributed by atoms with Crippen molar-refractivity contribution in [3.05, 3.63) is 48.4 Å². The Kier molecular flexibility index (Phi) is 5.08. The lowest BCUT2D eigenvalue weighted by Crippen LogP contribution is -2.49. The molecule has 1 saturated heterocycles. The summed E-state index contributed by atoms with van der Waals surface area (Å²) in [7, 11) is 0. The molecule has 0 saturated carbocycles. The summed E-state index contributed by atoms with van der Waals surface area (Å²) in [6.45, 7) is 2.38. The number of nitrogens with zero attached hydrogens (tertiary/aromatic N) is 4. The minimum Gasteiger partial charge on any atom is -0.484 e. The first-order valence-corrected chi connectivity index (χ1v) is 7.95. The van der Waals surface area contributed by atoms with E-state index in [1.54, 1.807) is 47.8 Å². The number of benzene rings is 1. The lowest BCUT2D eigenvalue weighted by atomic mass is 10.1. The van der Waals surface area contributed by atoms with E-state index >= 15 is 0 Å². The van der Waals surface area contributed by atoms with E-state index in [0.717, 1.165) is 5.82 Å². The summed E-state index contributed by atoms with van der Waals surface area (Å²) in [6, 6.07) is 6.76. The third-order valence-corrected chi connectivity index (χ3v) is 3.90. The van der Waals surface area contributed by atoms with E-state index in [1.807, 2.05) is 0 Å². The highest BCUT2D eigenvalue weighted by molar-refractivity contribution is 5.94. The summed E-state index contributed by atoms with van der Waals surface area (Å²) in [5.41, 5.74) is 5.59. The molecule has 1 aromatic carbocycles. The monoisotopic (exact) mass is 341 g/mol. The molecule has 0 radical (unpaired) electrons. The van der Waals surface area contributed by atoms with E-state index in [4.69, 9.17) is 10.5 Å². The van der Waals surface area contributed by atoms with Crippen molar-refractivity contribution in [1.82, 2.24) is 14.9 Å². The second kappa shape index (κ2) is 7.61. The molecule has 130 valence electrons. The van der Waals surface area contributed by atoms with Crippen molar-refractivity contribution in [2.45, 2.75) is 0 Å². The summed E-state index contributed by atoms with van der Waals surface area (Å²) >= 11 is 0. The highest BCUT2D eigenvalue weighted by Gasteiger charge is 2.23. The molecule has 0 unspecified atom stereocenters. The van der Waals surface area contributed by atoms with Crippen LogP contribution in [0.2, 0.25) is 0 Å². The van der Waals surface area contributed by atoms with Gasteiger partial charge < -0.3 is 20.3 Å². The molecule has 1 aromatic heterocycles. The number of carbonyl (C=O) groups excluding carboxylic acids is 2. The fourth-order valence-corrected chi connectivity index (χ4v) is 2.65. The van der Waals surface area contributed by atoms with E-state index in [9.17, 15) is 9.59 Å². The molecule has 0 atom stereocenters. The number of hydrogen-bond acceptors (Lipinski definition) is 6. The maximum absolute atomic E-state index is 12.7. The van der Waals surface area contributed by atoms with Gasteiger partial charge in [-0.1, -0.05) is 6.07 Å². The quantitative estimate of drug-likeness (QED) is 0.839. The number of carbonyl (C=O) groups is 2. The standard InChI is InChI=1S/C17H19N5O3/c18-15(23)12-25-14-3-1-2-13(10-14)17(24)22-8-6-21(7-9-22)16-11-19-4-5-20-16/h1-5,10-11H,6-9,12H2,(H2,18,23). The Balaban J connectivity index is 1.61. The largest absolute Gasteiger partial charge is 0.484 e. The van der Waals surface area contributed by atoms with Gasteiger partial charge in [-0.15, -0.1) is 0 Å². The number of amides is 2. The number of aromatic nitrogens is 2. The Morgan fingerprint density at radius 2 is 1.96 bits per heavy atom. The molecule has 2 amide bonds. The Labute approximate surface area is 145 Å². The summed E-state index contributed by atoms with van der Waals surface area (Å²) < 4.78 is 5.25. The van der Waals surface area contributed by atoms with Gasteiger partial charge in [-0.2, -0.15) is 0 Å². The second-order valence-corrected chi connectivity index (χ2v) is 5.63. The highest BCUT2D eigenvalue weighted by atomic mass is 16.5. The predicted molar refractivity (Wildman–Crippen MR) is 91.3 cm³/mol. The molecular formula is C17H19N5O3. The number of nitrogens with two attached hydrogens (primary N) is 1. The van der Waals surface area contributed by atoms with Crippen LogP contribution in [0.15, 0.2) is 42.9 Å². The van der Waals surface area contributed by atoms with Gasteiger partial charge in [0.05, 0.1) is 6.20 Å². The maximum atomic E-state index is 12.7. The molecule has 0 bridgehead atoms. The molecular weight excluding hydrogens is 322 g/mol. The number of anilines is 1. The van der Waals surface area contributed by atoms with E-state index in [0.29, 0.717) is 37.5 Å². The van der Waals surface area contributed by atoms with Crippen LogP contribution in [0.1, 0.15) is 10.4 Å². The Bertz CT molecular complexity index is 745. The summed E-state index contributed by atoms with van der Waals surface area (Å²) in [5.74, 6) is 0.638. The van der Waals surface area contributed by atoms with E-state index in [-0.39, 0.29) is 12.5 Å². The zero-order valence-electron chi connectivity index (χ0n) is 13.7. The zero-order valence-corrected chi connectivity index (χ0v) is 13.7. The van der Waals surface area contributed by atoms with Crippen LogP contribution in [-0.2, 0) is 4.79 Å². The van der Waals surface area contributed by atoms with Gasteiger partial charge in [-0.05, 0) is 18.2 Å². The molecule has 1 aliphatic rings. The van der Waals surface area contributed by atoms with Crippen LogP contribution in [0.3, 0.4) is 0 Å². The van der Waals surface area contributed by atoms with Crippen LogP contribution in [-0.4, -0.2) is 59.5 Å². The molecule has 3 rings (SSSR count). The second-order valence-electron chi connectivity index (χ2n) is 5.63. The van der Waals surface area contributed by atoms with Crippen LogP contribution in [0.4, 0.5) is 5.82 Å². The van der Waals surface area contributed by atoms with Gasteiger partial charge in [-0.3, -0.25) is 14.6 Å². The third kappa shape index (κ3) is 4.23. The predicted octanol–water partition coefficient (Wildman–Crippen LogP) is 0.303. The van der Waals surface area contributed by atoms with E-state index in [1.165, 1.54) is 0 Å². The van der Waals surface area contributed by atoms with Gasteiger partial charge >= 0.3 is 0 Å². The van der Waals surface area contributed by atoms with E-state index in [2.05, 4.69) is 14.9 Å². The number of rotatable bonds is 5. The Morgan fingerprint density at radius 3 is 2.64 bits per heavy atom. The average molecular weight is 341 g/mol. The first-order valence-electron chi connectivity index (χ1n) is 7.95. The minimum absolute atomic E-state index is 0.0664. The van der Waals surface area contributed by atoms with Gasteiger partial charge in [0.1, 0.15) is 11.6 Å². The molecule has 1 fully saturated rings. The van der Waals surface area contributed by atoms with Crippen LogP contribution in [0, 0.1) is 0 Å². The topological polar surface area (TPSA) is 102 Å². The lowest BCUT2D eigenvalue weighted by molar-refractivity contribution is -0.119. The Hall–Kier alpha value is -3.16. The van der Waals surface area contributed by atoms with Crippen LogP contribution >= 0.6 is 0 Å². The molecule has 0 aliphatic carbocycles. The summed E-state index contributed by atoms with van der Waals surface area (Å²) in [6.07, 6.45) is 5.01. The van der Waals surface area contributed by atoms with Crippen molar-refractivity contribution in [3.63, 3.8) is 0 Å². The first kappa shape index (κ1) is 16.7. The smallest absolute Gasteiger partial charge is 0.255 e. The van der Waals surface area contributed by atoms with Gasteiger partial charge in [0.25, 0.3) is 11.8 Å². The first-order chi connectivity index (χ1) is 12.1. The number of hydrogen-bond donors (Lipinski definition) is 1. The van der Waals surface area contributed by atoms with Crippen LogP contribution in [0.25, 0.3) is 0 Å². The maximum Gasteiger partial charge on any atom is 0.255 e. The van der Waals surface area contributed by atoms with Crippen LogP contribution in [0.5, 0.6) is 5.75 Å². The normalized spacial score (nSPS) is 14.2. The molecule has 2 aromatic rings. The molecule has 25 heavy (non-hydrogen) atoms.